The summed E-state index contributed by atoms with van der Waals surface area (Å²) >= 11 is 0. The van der Waals surface area contributed by atoms with Gasteiger partial charge in [0.2, 0.25) is 0 Å². The molecule has 0 bridgehead atoms. The number of nitrogens with zero attached hydrogens (tertiary/aromatic N) is 2. The molecule has 1 aromatic rings. The largest absolute Gasteiger partial charge is 0.405 e. The summed E-state index contributed by atoms with van der Waals surface area (Å²) in [6.07, 6.45) is 6.24. The second-order valence-corrected chi connectivity index (χ2v) is 3.85. The summed E-state index contributed by atoms with van der Waals surface area (Å²) in [5, 5.41) is 0. The van der Waals surface area contributed by atoms with Crippen molar-refractivity contribution in [3.63, 3.8) is 0 Å². The minimum Gasteiger partial charge on any atom is -0.405 e. The predicted octanol–water partition coefficient (Wildman–Crippen LogP) is 1.18. The minimum absolute atomic E-state index is 0.0893. The van der Waals surface area contributed by atoms with Crippen LogP contribution in [0.4, 0.5) is 0 Å². The summed E-state index contributed by atoms with van der Waals surface area (Å²) in [4.78, 5) is 4.23. The van der Waals surface area contributed by atoms with Crippen LogP contribution in [0, 0.1) is 0 Å². The molecule has 1 aliphatic rings. The molecule has 2 heterocycles. The molecule has 1 aliphatic heterocycles. The Hall–Kier alpha value is -1.55. The maximum atomic E-state index is 5.79. The smallest absolute Gasteiger partial charge is 0.139 e. The first kappa shape index (κ1) is 11.0. The van der Waals surface area contributed by atoms with Crippen LogP contribution in [0.1, 0.15) is 17.4 Å². The highest BCUT2D eigenvalue weighted by atomic mass is 16.5. The SMILES string of the molecule is CN=C(C=CN)C1OCCc2ccn(C)c21. The quantitative estimate of drug-likeness (QED) is 0.759. The van der Waals surface area contributed by atoms with Crippen LogP contribution in [0.25, 0.3) is 0 Å². The molecule has 2 rings (SSSR count). The van der Waals surface area contributed by atoms with Gasteiger partial charge in [-0.3, -0.25) is 4.99 Å². The second-order valence-electron chi connectivity index (χ2n) is 3.85. The normalized spacial score (nSPS) is 21.4. The third kappa shape index (κ3) is 1.76. The van der Waals surface area contributed by atoms with E-state index in [1.165, 1.54) is 17.5 Å². The Morgan fingerprint density at radius 2 is 2.50 bits per heavy atom. The molecule has 0 radical (unpaired) electrons. The van der Waals surface area contributed by atoms with Gasteiger partial charge in [-0.25, -0.2) is 0 Å². The molecule has 86 valence electrons. The van der Waals surface area contributed by atoms with Crippen molar-refractivity contribution in [2.75, 3.05) is 13.7 Å². The molecular formula is C12H17N3O. The van der Waals surface area contributed by atoms with Crippen molar-refractivity contribution in [3.05, 3.63) is 35.8 Å². The fraction of sp³-hybridized carbons (Fsp3) is 0.417. The zero-order valence-electron chi connectivity index (χ0n) is 9.68. The number of hydrogen-bond acceptors (Lipinski definition) is 3. The van der Waals surface area contributed by atoms with E-state index in [9.17, 15) is 0 Å². The topological polar surface area (TPSA) is 52.5 Å². The number of nitrogens with two attached hydrogens (primary N) is 1. The van der Waals surface area contributed by atoms with E-state index in [-0.39, 0.29) is 6.10 Å². The average Bonchev–Trinajstić information content (AvgIpc) is 2.68. The lowest BCUT2D eigenvalue weighted by atomic mass is 10.0. The number of ether oxygens (including phenoxy) is 1. The van der Waals surface area contributed by atoms with Crippen LogP contribution in [-0.4, -0.2) is 23.9 Å². The van der Waals surface area contributed by atoms with E-state index in [4.69, 9.17) is 10.5 Å². The molecule has 1 unspecified atom stereocenters. The van der Waals surface area contributed by atoms with Gasteiger partial charge in [-0.1, -0.05) is 0 Å². The van der Waals surface area contributed by atoms with Crippen LogP contribution < -0.4 is 5.73 Å². The first-order chi connectivity index (χ1) is 7.77. The Bertz CT molecular complexity index is 431. The van der Waals surface area contributed by atoms with Gasteiger partial charge in [-0.15, -0.1) is 0 Å². The van der Waals surface area contributed by atoms with E-state index < -0.39 is 0 Å². The van der Waals surface area contributed by atoms with E-state index in [1.54, 1.807) is 13.1 Å². The average molecular weight is 219 g/mol. The Morgan fingerprint density at radius 3 is 3.19 bits per heavy atom. The van der Waals surface area contributed by atoms with Crippen molar-refractivity contribution in [2.24, 2.45) is 17.8 Å². The first-order valence-electron chi connectivity index (χ1n) is 5.38. The molecule has 4 nitrogen and oxygen atoms in total. The van der Waals surface area contributed by atoms with Crippen molar-refractivity contribution in [1.29, 1.82) is 0 Å². The zero-order chi connectivity index (χ0) is 11.5. The Kier molecular flexibility index (Phi) is 3.10. The Morgan fingerprint density at radius 1 is 1.69 bits per heavy atom. The van der Waals surface area contributed by atoms with Crippen LogP contribution >= 0.6 is 0 Å². The van der Waals surface area contributed by atoms with E-state index in [0.717, 1.165) is 18.7 Å². The fourth-order valence-corrected chi connectivity index (χ4v) is 2.13. The van der Waals surface area contributed by atoms with Crippen LogP contribution in [0.15, 0.2) is 29.5 Å². The number of aryl methyl sites for hydroxylation is 1. The van der Waals surface area contributed by atoms with Gasteiger partial charge in [-0.2, -0.15) is 0 Å². The highest BCUT2D eigenvalue weighted by Crippen LogP contribution is 2.29. The molecule has 0 aliphatic carbocycles. The monoisotopic (exact) mass is 219 g/mol. The molecular weight excluding hydrogens is 202 g/mol. The van der Waals surface area contributed by atoms with Crippen LogP contribution in [0.3, 0.4) is 0 Å². The number of aromatic nitrogens is 1. The van der Waals surface area contributed by atoms with Crippen molar-refractivity contribution >= 4 is 5.71 Å². The lowest BCUT2D eigenvalue weighted by Crippen LogP contribution is -2.24. The van der Waals surface area contributed by atoms with Gasteiger partial charge >= 0.3 is 0 Å². The van der Waals surface area contributed by atoms with E-state index >= 15 is 0 Å². The Balaban J connectivity index is 2.41. The predicted molar refractivity (Wildman–Crippen MR) is 64.5 cm³/mol. The molecule has 0 amide bonds. The maximum absolute atomic E-state index is 5.79. The molecule has 1 atom stereocenters. The lowest BCUT2D eigenvalue weighted by Gasteiger charge is -2.25. The lowest BCUT2D eigenvalue weighted by molar-refractivity contribution is 0.0834. The van der Waals surface area contributed by atoms with Crippen molar-refractivity contribution in [1.82, 2.24) is 4.57 Å². The van der Waals surface area contributed by atoms with Crippen molar-refractivity contribution in [2.45, 2.75) is 12.5 Å². The molecule has 1 aromatic heterocycles. The number of hydrogen-bond donors (Lipinski definition) is 1. The highest BCUT2D eigenvalue weighted by molar-refractivity contribution is 5.99. The zero-order valence-corrected chi connectivity index (χ0v) is 9.68. The van der Waals surface area contributed by atoms with Gasteiger partial charge in [0.15, 0.2) is 0 Å². The maximum Gasteiger partial charge on any atom is 0.139 e. The Labute approximate surface area is 95.4 Å². The van der Waals surface area contributed by atoms with Gasteiger partial charge in [0.05, 0.1) is 18.0 Å². The van der Waals surface area contributed by atoms with Crippen LogP contribution in [-0.2, 0) is 18.2 Å². The fourth-order valence-electron chi connectivity index (χ4n) is 2.13. The van der Waals surface area contributed by atoms with Crippen LogP contribution in [0.2, 0.25) is 0 Å². The number of aliphatic imine (C=N–C) groups is 1. The van der Waals surface area contributed by atoms with E-state index in [1.807, 2.05) is 7.05 Å². The third-order valence-electron chi connectivity index (χ3n) is 2.91. The molecule has 2 N–H and O–H groups in total. The molecule has 16 heavy (non-hydrogen) atoms. The summed E-state index contributed by atoms with van der Waals surface area (Å²) in [5.41, 5.74) is 8.81. The highest BCUT2D eigenvalue weighted by Gasteiger charge is 2.26. The number of fused-ring (bicyclic) bond motifs is 1. The summed E-state index contributed by atoms with van der Waals surface area (Å²) in [7, 11) is 3.79. The summed E-state index contributed by atoms with van der Waals surface area (Å²) in [5.74, 6) is 0. The van der Waals surface area contributed by atoms with Gasteiger partial charge in [0, 0.05) is 20.3 Å². The standard InChI is InChI=1S/C12H17N3O/c1-14-10(3-6-13)12-11-9(5-8-16-12)4-7-15(11)2/h3-4,6-7,12H,5,8,13H2,1-2H3. The molecule has 0 saturated carbocycles. The molecule has 0 fully saturated rings. The molecule has 0 aromatic carbocycles. The van der Waals surface area contributed by atoms with Crippen molar-refractivity contribution in [3.8, 4) is 0 Å². The number of rotatable bonds is 2. The third-order valence-corrected chi connectivity index (χ3v) is 2.91. The van der Waals surface area contributed by atoms with Crippen LogP contribution in [0.5, 0.6) is 0 Å². The molecule has 0 saturated heterocycles. The summed E-state index contributed by atoms with van der Waals surface area (Å²) in [6, 6.07) is 2.14. The summed E-state index contributed by atoms with van der Waals surface area (Å²) in [6.45, 7) is 0.735. The second kappa shape index (κ2) is 4.53. The van der Waals surface area contributed by atoms with E-state index in [0.29, 0.717) is 0 Å². The molecule has 0 spiro atoms. The van der Waals surface area contributed by atoms with Gasteiger partial charge < -0.3 is 15.0 Å². The minimum atomic E-state index is -0.0893. The van der Waals surface area contributed by atoms with E-state index in [2.05, 4.69) is 21.8 Å². The van der Waals surface area contributed by atoms with Gasteiger partial charge in [0.1, 0.15) is 6.10 Å². The van der Waals surface area contributed by atoms with Gasteiger partial charge in [-0.05, 0) is 30.3 Å². The molecule has 4 heteroatoms. The van der Waals surface area contributed by atoms with Crippen molar-refractivity contribution < 1.29 is 4.74 Å². The summed E-state index contributed by atoms with van der Waals surface area (Å²) < 4.78 is 7.88. The first-order valence-corrected chi connectivity index (χ1v) is 5.38. The van der Waals surface area contributed by atoms with Gasteiger partial charge in [0.25, 0.3) is 0 Å².